The minimum atomic E-state index is -1.12. The molecule has 2 aromatic heterocycles. The third-order valence-electron chi connectivity index (χ3n) is 4.39. The molecule has 1 saturated heterocycles. The molecule has 8 nitrogen and oxygen atoms in total. The van der Waals surface area contributed by atoms with Gasteiger partial charge in [0.1, 0.15) is 36.1 Å². The SMILES string of the molecule is OC[C@H]1O[C@@H](n2cc3c4c(ncnc42)NCCC3)[C@H](O)[C@@H]1O. The van der Waals surface area contributed by atoms with Crippen LogP contribution >= 0.6 is 0 Å². The first-order chi connectivity index (χ1) is 10.7. The molecular weight excluding hydrogens is 288 g/mol. The van der Waals surface area contributed by atoms with Gasteiger partial charge in [0, 0.05) is 12.7 Å². The van der Waals surface area contributed by atoms with Crippen molar-refractivity contribution in [3.63, 3.8) is 0 Å². The van der Waals surface area contributed by atoms with Gasteiger partial charge in [-0.1, -0.05) is 0 Å². The van der Waals surface area contributed by atoms with Crippen LogP contribution in [0, 0.1) is 0 Å². The Labute approximate surface area is 126 Å². The Morgan fingerprint density at radius 1 is 1.32 bits per heavy atom. The van der Waals surface area contributed by atoms with Crippen molar-refractivity contribution >= 4 is 16.9 Å². The highest BCUT2D eigenvalue weighted by Crippen LogP contribution is 2.36. The van der Waals surface area contributed by atoms with E-state index in [1.54, 1.807) is 4.57 Å². The van der Waals surface area contributed by atoms with E-state index >= 15 is 0 Å². The number of aryl methyl sites for hydroxylation is 1. The van der Waals surface area contributed by atoms with Gasteiger partial charge >= 0.3 is 0 Å². The summed E-state index contributed by atoms with van der Waals surface area (Å²) in [6, 6.07) is 0. The molecule has 4 N–H and O–H groups in total. The van der Waals surface area contributed by atoms with Crippen molar-refractivity contribution in [3.8, 4) is 0 Å². The molecule has 22 heavy (non-hydrogen) atoms. The first kappa shape index (κ1) is 13.9. The van der Waals surface area contributed by atoms with Gasteiger partial charge in [0.2, 0.25) is 0 Å². The number of hydrogen-bond donors (Lipinski definition) is 4. The van der Waals surface area contributed by atoms with Crippen LogP contribution < -0.4 is 5.32 Å². The van der Waals surface area contributed by atoms with Crippen LogP contribution in [0.4, 0.5) is 5.82 Å². The molecule has 0 aromatic carbocycles. The fourth-order valence-corrected chi connectivity index (χ4v) is 3.27. The second kappa shape index (κ2) is 5.17. The van der Waals surface area contributed by atoms with Gasteiger partial charge in [0.25, 0.3) is 0 Å². The Balaban J connectivity index is 1.83. The fourth-order valence-electron chi connectivity index (χ4n) is 3.27. The first-order valence-corrected chi connectivity index (χ1v) is 7.41. The molecule has 0 spiro atoms. The fraction of sp³-hybridized carbons (Fsp3) is 0.571. The number of aliphatic hydroxyl groups excluding tert-OH is 3. The number of nitrogens with one attached hydrogen (secondary N) is 1. The molecular formula is C14H18N4O4. The molecule has 118 valence electrons. The average Bonchev–Trinajstić information content (AvgIpc) is 2.94. The van der Waals surface area contributed by atoms with Crippen LogP contribution in [0.2, 0.25) is 0 Å². The Hall–Kier alpha value is -1.74. The van der Waals surface area contributed by atoms with Crippen molar-refractivity contribution in [2.75, 3.05) is 18.5 Å². The topological polar surface area (TPSA) is 113 Å². The van der Waals surface area contributed by atoms with Crippen LogP contribution in [0.25, 0.3) is 11.0 Å². The zero-order chi connectivity index (χ0) is 15.3. The number of aromatic nitrogens is 3. The van der Waals surface area contributed by atoms with Gasteiger partial charge in [-0.3, -0.25) is 0 Å². The number of hydrogen-bond acceptors (Lipinski definition) is 7. The summed E-state index contributed by atoms with van der Waals surface area (Å²) in [7, 11) is 0. The van der Waals surface area contributed by atoms with Gasteiger partial charge < -0.3 is 29.9 Å². The van der Waals surface area contributed by atoms with E-state index in [9.17, 15) is 15.3 Å². The maximum Gasteiger partial charge on any atom is 0.164 e. The molecule has 4 heterocycles. The molecule has 0 radical (unpaired) electrons. The lowest BCUT2D eigenvalue weighted by Gasteiger charge is -2.17. The third-order valence-corrected chi connectivity index (χ3v) is 4.39. The van der Waals surface area contributed by atoms with Crippen LogP contribution in [-0.4, -0.2) is 61.3 Å². The third kappa shape index (κ3) is 1.92. The smallest absolute Gasteiger partial charge is 0.164 e. The highest BCUT2D eigenvalue weighted by atomic mass is 16.6. The van der Waals surface area contributed by atoms with E-state index in [4.69, 9.17) is 4.74 Å². The predicted molar refractivity (Wildman–Crippen MR) is 77.3 cm³/mol. The number of ether oxygens (including phenoxy) is 1. The molecule has 8 heteroatoms. The van der Waals surface area contributed by atoms with Crippen molar-refractivity contribution in [2.24, 2.45) is 0 Å². The second-order valence-electron chi connectivity index (χ2n) is 5.74. The summed E-state index contributed by atoms with van der Waals surface area (Å²) in [6.45, 7) is 0.511. The van der Waals surface area contributed by atoms with Crippen LogP contribution in [0.5, 0.6) is 0 Å². The lowest BCUT2D eigenvalue weighted by Crippen LogP contribution is -2.33. The van der Waals surface area contributed by atoms with Crippen molar-refractivity contribution in [3.05, 3.63) is 18.1 Å². The zero-order valence-electron chi connectivity index (χ0n) is 11.9. The normalized spacial score (nSPS) is 31.2. The molecule has 1 fully saturated rings. The maximum atomic E-state index is 10.2. The van der Waals surface area contributed by atoms with Gasteiger partial charge in [-0.2, -0.15) is 0 Å². The van der Waals surface area contributed by atoms with E-state index < -0.39 is 24.5 Å². The molecule has 4 atom stereocenters. The number of aliphatic hydroxyl groups is 3. The minimum Gasteiger partial charge on any atom is -0.394 e. The molecule has 2 aromatic rings. The molecule has 2 aliphatic heterocycles. The first-order valence-electron chi connectivity index (χ1n) is 7.41. The predicted octanol–water partition coefficient (Wildman–Crippen LogP) is -0.599. The number of anilines is 1. The summed E-state index contributed by atoms with van der Waals surface area (Å²) in [6.07, 6.45) is 1.42. The summed E-state index contributed by atoms with van der Waals surface area (Å²) in [4.78, 5) is 8.59. The Morgan fingerprint density at radius 3 is 2.95 bits per heavy atom. The van der Waals surface area contributed by atoms with E-state index in [-0.39, 0.29) is 6.61 Å². The van der Waals surface area contributed by atoms with E-state index in [0.717, 1.165) is 36.2 Å². The summed E-state index contributed by atoms with van der Waals surface area (Å²) >= 11 is 0. The number of rotatable bonds is 2. The average molecular weight is 306 g/mol. The van der Waals surface area contributed by atoms with E-state index in [1.165, 1.54) is 6.33 Å². The van der Waals surface area contributed by atoms with Crippen LogP contribution in [0.3, 0.4) is 0 Å². The molecule has 0 saturated carbocycles. The Kier molecular flexibility index (Phi) is 3.26. The van der Waals surface area contributed by atoms with Crippen molar-refractivity contribution in [1.29, 1.82) is 0 Å². The minimum absolute atomic E-state index is 0.345. The summed E-state index contributed by atoms with van der Waals surface area (Å²) in [5.74, 6) is 0.781. The van der Waals surface area contributed by atoms with Gasteiger partial charge in [0.05, 0.1) is 12.0 Å². The molecule has 0 aliphatic carbocycles. The summed E-state index contributed by atoms with van der Waals surface area (Å²) < 4.78 is 7.34. The molecule has 0 bridgehead atoms. The van der Waals surface area contributed by atoms with Crippen LogP contribution in [-0.2, 0) is 11.2 Å². The maximum absolute atomic E-state index is 10.2. The molecule has 2 aliphatic rings. The van der Waals surface area contributed by atoms with Crippen molar-refractivity contribution in [2.45, 2.75) is 37.4 Å². The number of nitrogens with zero attached hydrogens (tertiary/aromatic N) is 3. The van der Waals surface area contributed by atoms with Gasteiger partial charge in [0.15, 0.2) is 6.23 Å². The van der Waals surface area contributed by atoms with E-state index in [0.29, 0.717) is 5.65 Å². The Bertz CT molecular complexity index is 703. The standard InChI is InChI=1S/C14H18N4O4/c19-5-8-10(20)11(21)14(22-8)18-4-7-2-1-3-15-12-9(7)13(18)17-6-16-12/h4,6,8,10-11,14,19-21H,1-3,5H2,(H,15,16,17)/t8-,10-,11-,14-/m1/s1. The zero-order valence-corrected chi connectivity index (χ0v) is 11.9. The van der Waals surface area contributed by atoms with E-state index in [2.05, 4.69) is 15.3 Å². The van der Waals surface area contributed by atoms with E-state index in [1.807, 2.05) is 6.20 Å². The van der Waals surface area contributed by atoms with Crippen LogP contribution in [0.1, 0.15) is 18.2 Å². The molecule has 4 rings (SSSR count). The van der Waals surface area contributed by atoms with Gasteiger partial charge in [-0.25, -0.2) is 9.97 Å². The lowest BCUT2D eigenvalue weighted by atomic mass is 10.1. The van der Waals surface area contributed by atoms with Crippen LogP contribution in [0.15, 0.2) is 12.5 Å². The largest absolute Gasteiger partial charge is 0.394 e. The summed E-state index contributed by atoms with van der Waals surface area (Å²) in [5, 5.41) is 33.6. The quantitative estimate of drug-likeness (QED) is 0.586. The monoisotopic (exact) mass is 306 g/mol. The highest BCUT2D eigenvalue weighted by Gasteiger charge is 2.44. The van der Waals surface area contributed by atoms with Crippen molar-refractivity contribution < 1.29 is 20.1 Å². The summed E-state index contributed by atoms with van der Waals surface area (Å²) in [5.41, 5.74) is 1.75. The van der Waals surface area contributed by atoms with Crippen molar-refractivity contribution in [1.82, 2.24) is 14.5 Å². The second-order valence-corrected chi connectivity index (χ2v) is 5.74. The Morgan fingerprint density at radius 2 is 2.18 bits per heavy atom. The lowest BCUT2D eigenvalue weighted by molar-refractivity contribution is -0.0509. The highest BCUT2D eigenvalue weighted by molar-refractivity contribution is 5.91. The van der Waals surface area contributed by atoms with Gasteiger partial charge in [-0.05, 0) is 18.4 Å². The molecule has 0 amide bonds. The molecule has 0 unspecified atom stereocenters. The van der Waals surface area contributed by atoms with Gasteiger partial charge in [-0.15, -0.1) is 0 Å².